The second kappa shape index (κ2) is 7.78. The minimum absolute atomic E-state index is 0.00912. The highest BCUT2D eigenvalue weighted by Crippen LogP contribution is 2.23. The van der Waals surface area contributed by atoms with Gasteiger partial charge in [-0.1, -0.05) is 48.5 Å². The minimum atomic E-state index is -0.343. The third kappa shape index (κ3) is 3.71. The number of nitriles is 1. The zero-order chi connectivity index (χ0) is 20.4. The van der Waals surface area contributed by atoms with Crippen molar-refractivity contribution in [1.29, 1.82) is 5.26 Å². The second-order valence-corrected chi connectivity index (χ2v) is 7.25. The smallest absolute Gasteiger partial charge is 0.152 e. The number of aromatic nitrogens is 2. The summed E-state index contributed by atoms with van der Waals surface area (Å²) >= 11 is 0. The van der Waals surface area contributed by atoms with Crippen molar-refractivity contribution in [2.75, 3.05) is 7.05 Å². The van der Waals surface area contributed by atoms with Gasteiger partial charge in [-0.3, -0.25) is 4.90 Å². The number of aliphatic hydroxyl groups is 1. The highest BCUT2D eigenvalue weighted by Gasteiger charge is 2.21. The number of imidazole rings is 1. The number of nitrogens with zero attached hydrogens (tertiary/aromatic N) is 3. The molecule has 3 aromatic carbocycles. The van der Waals surface area contributed by atoms with E-state index in [9.17, 15) is 10.4 Å². The number of hydrogen-bond acceptors (Lipinski definition) is 4. The van der Waals surface area contributed by atoms with E-state index in [1.807, 2.05) is 55.3 Å². The van der Waals surface area contributed by atoms with Crippen molar-refractivity contribution in [2.45, 2.75) is 19.5 Å². The minimum Gasteiger partial charge on any atom is -0.509 e. The molecule has 4 aromatic rings. The van der Waals surface area contributed by atoms with Gasteiger partial charge in [0.1, 0.15) is 17.4 Å². The van der Waals surface area contributed by atoms with E-state index in [2.05, 4.69) is 46.4 Å². The van der Waals surface area contributed by atoms with Gasteiger partial charge in [-0.05, 0) is 48.5 Å². The quantitative estimate of drug-likeness (QED) is 0.375. The van der Waals surface area contributed by atoms with Crippen LogP contribution in [-0.2, 0) is 6.54 Å². The molecule has 1 atom stereocenters. The van der Waals surface area contributed by atoms with E-state index in [4.69, 9.17) is 0 Å². The SMILES string of the molecule is C[C@H](/C(O)=C(\C#N)c1nc2ccccc2[nH]1)N(C)Cc1ccc2ccccc2c1. The van der Waals surface area contributed by atoms with E-state index in [1.165, 1.54) is 10.8 Å². The predicted molar refractivity (Wildman–Crippen MR) is 116 cm³/mol. The van der Waals surface area contributed by atoms with Gasteiger partial charge >= 0.3 is 0 Å². The zero-order valence-corrected chi connectivity index (χ0v) is 16.4. The Morgan fingerprint density at radius 1 is 1.10 bits per heavy atom. The highest BCUT2D eigenvalue weighted by atomic mass is 16.3. The van der Waals surface area contributed by atoms with Crippen LogP contribution in [0.15, 0.2) is 72.5 Å². The lowest BCUT2D eigenvalue weighted by atomic mass is 10.1. The monoisotopic (exact) mass is 382 g/mol. The molecule has 0 fully saturated rings. The number of aliphatic hydroxyl groups excluding tert-OH is 1. The Balaban J connectivity index is 1.60. The third-order valence-corrected chi connectivity index (χ3v) is 5.30. The van der Waals surface area contributed by atoms with E-state index in [0.29, 0.717) is 12.4 Å². The van der Waals surface area contributed by atoms with Gasteiger partial charge in [0, 0.05) is 6.54 Å². The molecule has 1 aromatic heterocycles. The molecule has 2 N–H and O–H groups in total. The molecule has 0 amide bonds. The lowest BCUT2D eigenvalue weighted by molar-refractivity contribution is 0.217. The van der Waals surface area contributed by atoms with Gasteiger partial charge in [0.25, 0.3) is 0 Å². The Labute approximate surface area is 169 Å². The van der Waals surface area contributed by atoms with Gasteiger partial charge in [0.2, 0.25) is 0 Å². The maximum atomic E-state index is 10.8. The third-order valence-electron chi connectivity index (χ3n) is 5.30. The lowest BCUT2D eigenvalue weighted by Gasteiger charge is -2.25. The van der Waals surface area contributed by atoms with Crippen molar-refractivity contribution in [2.24, 2.45) is 0 Å². The maximum absolute atomic E-state index is 10.8. The predicted octanol–water partition coefficient (Wildman–Crippen LogP) is 5.03. The molecule has 0 saturated carbocycles. The van der Waals surface area contributed by atoms with E-state index >= 15 is 0 Å². The molecule has 29 heavy (non-hydrogen) atoms. The number of benzene rings is 3. The topological polar surface area (TPSA) is 75.9 Å². The van der Waals surface area contributed by atoms with Gasteiger partial charge in [-0.25, -0.2) is 4.98 Å². The van der Waals surface area contributed by atoms with Crippen molar-refractivity contribution in [3.8, 4) is 6.07 Å². The molecule has 0 aliphatic rings. The molecule has 4 rings (SSSR count). The number of hydrogen-bond donors (Lipinski definition) is 2. The molecular formula is C24H22N4O. The Hall–Kier alpha value is -3.62. The van der Waals surface area contributed by atoms with E-state index in [0.717, 1.165) is 16.6 Å². The Bertz CT molecular complexity index is 1220. The number of aromatic amines is 1. The molecule has 0 radical (unpaired) electrons. The molecular weight excluding hydrogens is 360 g/mol. The molecule has 0 unspecified atom stereocenters. The van der Waals surface area contributed by atoms with Gasteiger partial charge < -0.3 is 10.1 Å². The number of nitrogens with one attached hydrogen (secondary N) is 1. The molecule has 0 bridgehead atoms. The lowest BCUT2D eigenvalue weighted by Crippen LogP contribution is -2.31. The summed E-state index contributed by atoms with van der Waals surface area (Å²) in [5.41, 5.74) is 2.91. The van der Waals surface area contributed by atoms with Gasteiger partial charge in [-0.2, -0.15) is 5.26 Å². The summed E-state index contributed by atoms with van der Waals surface area (Å²) in [6.45, 7) is 2.53. The van der Waals surface area contributed by atoms with Crippen LogP contribution in [0.3, 0.4) is 0 Å². The van der Waals surface area contributed by atoms with Crippen LogP contribution in [0.5, 0.6) is 0 Å². The van der Waals surface area contributed by atoms with Gasteiger partial charge in [0.15, 0.2) is 5.82 Å². The van der Waals surface area contributed by atoms with E-state index in [-0.39, 0.29) is 17.4 Å². The molecule has 0 aliphatic heterocycles. The summed E-state index contributed by atoms with van der Waals surface area (Å²) in [6.07, 6.45) is 0. The summed E-state index contributed by atoms with van der Waals surface area (Å²) in [4.78, 5) is 9.58. The largest absolute Gasteiger partial charge is 0.509 e. The Kier molecular flexibility index (Phi) is 5.03. The number of fused-ring (bicyclic) bond motifs is 2. The summed E-state index contributed by atoms with van der Waals surface area (Å²) in [5, 5.41) is 22.9. The molecule has 144 valence electrons. The first-order valence-electron chi connectivity index (χ1n) is 9.53. The fraction of sp³-hybridized carbons (Fsp3) is 0.167. The first kappa shape index (κ1) is 18.7. The maximum Gasteiger partial charge on any atom is 0.152 e. The fourth-order valence-corrected chi connectivity index (χ4v) is 3.48. The van der Waals surface area contributed by atoms with E-state index < -0.39 is 0 Å². The van der Waals surface area contributed by atoms with Crippen molar-refractivity contribution in [3.63, 3.8) is 0 Å². The van der Waals surface area contributed by atoms with Crippen LogP contribution in [0.4, 0.5) is 0 Å². The average Bonchev–Trinajstić information content (AvgIpc) is 3.17. The molecule has 5 heteroatoms. The second-order valence-electron chi connectivity index (χ2n) is 7.25. The fourth-order valence-electron chi connectivity index (χ4n) is 3.48. The Morgan fingerprint density at radius 3 is 2.59 bits per heavy atom. The number of rotatable bonds is 5. The number of likely N-dealkylation sites (N-methyl/N-ethyl adjacent to an activating group) is 1. The van der Waals surface area contributed by atoms with Crippen LogP contribution in [0, 0.1) is 11.3 Å². The van der Waals surface area contributed by atoms with Crippen LogP contribution < -0.4 is 0 Å². The van der Waals surface area contributed by atoms with Crippen molar-refractivity contribution in [3.05, 3.63) is 83.9 Å². The van der Waals surface area contributed by atoms with E-state index in [1.54, 1.807) is 0 Å². The van der Waals surface area contributed by atoms with Crippen LogP contribution in [0.25, 0.3) is 27.4 Å². The molecule has 1 heterocycles. The van der Waals surface area contributed by atoms with Gasteiger partial charge in [-0.15, -0.1) is 0 Å². The average molecular weight is 382 g/mol. The number of allylic oxidation sites excluding steroid dienone is 1. The van der Waals surface area contributed by atoms with Crippen molar-refractivity contribution in [1.82, 2.24) is 14.9 Å². The standard InChI is InChI=1S/C24H22N4O/c1-16(28(2)15-17-11-12-18-7-3-4-8-19(18)13-17)23(29)20(14-25)24-26-21-9-5-6-10-22(21)27-24/h3-13,16,29H,15H2,1-2H3,(H,26,27)/b23-20-/t16-/m1/s1. The Morgan fingerprint density at radius 2 is 1.83 bits per heavy atom. The van der Waals surface area contributed by atoms with Gasteiger partial charge in [0.05, 0.1) is 17.1 Å². The van der Waals surface area contributed by atoms with Crippen LogP contribution in [0.1, 0.15) is 18.3 Å². The van der Waals surface area contributed by atoms with Crippen molar-refractivity contribution >= 4 is 27.4 Å². The first-order valence-corrected chi connectivity index (χ1v) is 9.53. The molecule has 5 nitrogen and oxygen atoms in total. The zero-order valence-electron chi connectivity index (χ0n) is 16.4. The van der Waals surface area contributed by atoms with Crippen LogP contribution in [0.2, 0.25) is 0 Å². The summed E-state index contributed by atoms with van der Waals surface area (Å²) < 4.78 is 0. The summed E-state index contributed by atoms with van der Waals surface area (Å²) in [6, 6.07) is 23.9. The molecule has 0 saturated heterocycles. The normalized spacial score (nSPS) is 13.4. The number of H-pyrrole nitrogens is 1. The molecule has 0 aliphatic carbocycles. The first-order chi connectivity index (χ1) is 14.1. The number of para-hydroxylation sites is 2. The highest BCUT2D eigenvalue weighted by molar-refractivity contribution is 5.83. The summed E-state index contributed by atoms with van der Waals surface area (Å²) in [7, 11) is 1.93. The summed E-state index contributed by atoms with van der Waals surface area (Å²) in [5.74, 6) is 0.395. The molecule has 0 spiro atoms. The van der Waals surface area contributed by atoms with Crippen LogP contribution in [-0.4, -0.2) is 33.1 Å². The van der Waals surface area contributed by atoms with Crippen molar-refractivity contribution < 1.29 is 5.11 Å². The van der Waals surface area contributed by atoms with Crippen LogP contribution >= 0.6 is 0 Å².